The van der Waals surface area contributed by atoms with Crippen LogP contribution in [0.3, 0.4) is 0 Å². The molecule has 0 spiro atoms. The average molecular weight is 359 g/mol. The molecule has 4 nitrogen and oxygen atoms in total. The summed E-state index contributed by atoms with van der Waals surface area (Å²) < 4.78 is 26.7. The Morgan fingerprint density at radius 2 is 1.96 bits per heavy atom. The minimum absolute atomic E-state index is 0.00272. The Labute approximate surface area is 152 Å². The number of carbonyl (C=O) groups is 1. The van der Waals surface area contributed by atoms with Crippen molar-refractivity contribution in [3.05, 3.63) is 58.4 Å². The number of halogens is 2. The van der Waals surface area contributed by atoms with Crippen LogP contribution in [0.1, 0.15) is 41.3 Å². The molecule has 1 aromatic heterocycles. The highest BCUT2D eigenvalue weighted by Crippen LogP contribution is 2.29. The summed E-state index contributed by atoms with van der Waals surface area (Å²) in [4.78, 5) is 18.8. The third-order valence-electron chi connectivity index (χ3n) is 4.88. The molecule has 0 aliphatic carbocycles. The zero-order valence-electron chi connectivity index (χ0n) is 15.3. The molecule has 26 heavy (non-hydrogen) atoms. The van der Waals surface area contributed by atoms with Crippen molar-refractivity contribution < 1.29 is 13.6 Å². The fraction of sp³-hybridized carbons (Fsp3) is 0.400. The van der Waals surface area contributed by atoms with Gasteiger partial charge in [-0.15, -0.1) is 0 Å². The van der Waals surface area contributed by atoms with E-state index in [0.717, 1.165) is 47.1 Å². The summed E-state index contributed by atoms with van der Waals surface area (Å²) in [5.41, 5.74) is 4.12. The van der Waals surface area contributed by atoms with E-state index < -0.39 is 11.6 Å². The van der Waals surface area contributed by atoms with Gasteiger partial charge >= 0.3 is 6.03 Å². The highest BCUT2D eigenvalue weighted by Gasteiger charge is 2.26. The van der Waals surface area contributed by atoms with Gasteiger partial charge in [-0.2, -0.15) is 0 Å². The first-order valence-electron chi connectivity index (χ1n) is 8.81. The number of rotatable bonds is 2. The molecule has 1 fully saturated rings. The van der Waals surface area contributed by atoms with E-state index in [0.29, 0.717) is 13.1 Å². The number of anilines is 1. The molecule has 2 aromatic rings. The Balaban J connectivity index is 1.73. The number of piperidine rings is 1. The number of hydrogen-bond donors (Lipinski definition) is 1. The van der Waals surface area contributed by atoms with Crippen LogP contribution in [-0.4, -0.2) is 29.0 Å². The molecule has 2 amide bonds. The van der Waals surface area contributed by atoms with E-state index in [1.54, 1.807) is 11.0 Å². The van der Waals surface area contributed by atoms with E-state index in [9.17, 15) is 13.6 Å². The summed E-state index contributed by atoms with van der Waals surface area (Å²) in [5, 5.41) is 2.96. The van der Waals surface area contributed by atoms with Gasteiger partial charge in [-0.05, 0) is 62.9 Å². The van der Waals surface area contributed by atoms with Gasteiger partial charge in [0.25, 0.3) is 0 Å². The molecule has 1 aromatic carbocycles. The Bertz CT molecular complexity index is 815. The zero-order chi connectivity index (χ0) is 18.8. The number of carbonyl (C=O) groups excluding carboxylic acids is 1. The number of nitrogens with one attached hydrogen (secondary N) is 1. The first kappa shape index (κ1) is 18.3. The van der Waals surface area contributed by atoms with Crippen LogP contribution in [0.5, 0.6) is 0 Å². The molecule has 1 N–H and O–H groups in total. The van der Waals surface area contributed by atoms with Gasteiger partial charge in [0.2, 0.25) is 0 Å². The minimum Gasteiger partial charge on any atom is -0.324 e. The predicted octanol–water partition coefficient (Wildman–Crippen LogP) is 4.70. The van der Waals surface area contributed by atoms with E-state index >= 15 is 0 Å². The molecule has 3 rings (SSSR count). The maximum Gasteiger partial charge on any atom is 0.321 e. The van der Waals surface area contributed by atoms with Crippen molar-refractivity contribution >= 4 is 11.7 Å². The van der Waals surface area contributed by atoms with Crippen LogP contribution in [0.25, 0.3) is 0 Å². The molecule has 1 aliphatic heterocycles. The van der Waals surface area contributed by atoms with Gasteiger partial charge in [-0.25, -0.2) is 13.6 Å². The average Bonchev–Trinajstić information content (AvgIpc) is 2.60. The standard InChI is InChI=1S/C20H23F2N3O/c1-12-9-13(2)23-14(3)19(12)24-20(26)25-8-4-5-16(11-25)15-6-7-17(21)18(22)10-15/h6-7,9-10,16H,4-5,8,11H2,1-3H3,(H,24,26). The molecule has 0 radical (unpaired) electrons. The second-order valence-corrected chi connectivity index (χ2v) is 6.93. The molecule has 0 saturated carbocycles. The molecule has 2 heterocycles. The number of pyridine rings is 1. The van der Waals surface area contributed by atoms with Gasteiger partial charge in [0.05, 0.1) is 11.4 Å². The van der Waals surface area contributed by atoms with Gasteiger partial charge in [0.1, 0.15) is 0 Å². The lowest BCUT2D eigenvalue weighted by molar-refractivity contribution is 0.192. The summed E-state index contributed by atoms with van der Waals surface area (Å²) in [6.07, 6.45) is 1.67. The first-order valence-corrected chi connectivity index (χ1v) is 8.81. The van der Waals surface area contributed by atoms with Crippen molar-refractivity contribution in [3.63, 3.8) is 0 Å². The second-order valence-electron chi connectivity index (χ2n) is 6.93. The fourth-order valence-electron chi connectivity index (χ4n) is 3.60. The summed E-state index contributed by atoms with van der Waals surface area (Å²) in [6, 6.07) is 5.73. The van der Waals surface area contributed by atoms with Crippen molar-refractivity contribution in [2.45, 2.75) is 39.5 Å². The number of likely N-dealkylation sites (tertiary alicyclic amines) is 1. The minimum atomic E-state index is -0.850. The quantitative estimate of drug-likeness (QED) is 0.845. The van der Waals surface area contributed by atoms with Gasteiger partial charge in [0.15, 0.2) is 11.6 Å². The van der Waals surface area contributed by atoms with Crippen LogP contribution in [0, 0.1) is 32.4 Å². The van der Waals surface area contributed by atoms with Crippen molar-refractivity contribution in [2.24, 2.45) is 0 Å². The zero-order valence-corrected chi connectivity index (χ0v) is 15.3. The Morgan fingerprint density at radius 1 is 1.19 bits per heavy atom. The van der Waals surface area contributed by atoms with E-state index in [4.69, 9.17) is 0 Å². The predicted molar refractivity (Wildman–Crippen MR) is 97.4 cm³/mol. The molecule has 1 atom stereocenters. The first-order chi connectivity index (χ1) is 12.3. The summed E-state index contributed by atoms with van der Waals surface area (Å²) in [6.45, 7) is 6.86. The Morgan fingerprint density at radius 3 is 2.65 bits per heavy atom. The highest BCUT2D eigenvalue weighted by molar-refractivity contribution is 5.90. The third kappa shape index (κ3) is 3.84. The smallest absolute Gasteiger partial charge is 0.321 e. The van der Waals surface area contributed by atoms with Crippen molar-refractivity contribution in [3.8, 4) is 0 Å². The van der Waals surface area contributed by atoms with Gasteiger partial charge < -0.3 is 10.2 Å². The molecule has 6 heteroatoms. The molecular formula is C20H23F2N3O. The topological polar surface area (TPSA) is 45.2 Å². The Hall–Kier alpha value is -2.50. The van der Waals surface area contributed by atoms with Gasteiger partial charge in [-0.3, -0.25) is 4.98 Å². The molecule has 138 valence electrons. The van der Waals surface area contributed by atoms with E-state index in [1.807, 2.05) is 26.8 Å². The monoisotopic (exact) mass is 359 g/mol. The number of amides is 2. The van der Waals surface area contributed by atoms with Crippen LogP contribution in [0.4, 0.5) is 19.3 Å². The van der Waals surface area contributed by atoms with E-state index in [2.05, 4.69) is 10.3 Å². The van der Waals surface area contributed by atoms with Crippen LogP contribution < -0.4 is 5.32 Å². The number of nitrogens with zero attached hydrogens (tertiary/aromatic N) is 2. The highest BCUT2D eigenvalue weighted by atomic mass is 19.2. The molecule has 1 aliphatic rings. The van der Waals surface area contributed by atoms with Crippen LogP contribution in [0.2, 0.25) is 0 Å². The van der Waals surface area contributed by atoms with Crippen LogP contribution in [0.15, 0.2) is 24.3 Å². The second kappa shape index (κ2) is 7.40. The lowest BCUT2D eigenvalue weighted by atomic mass is 9.90. The van der Waals surface area contributed by atoms with Crippen LogP contribution >= 0.6 is 0 Å². The maximum absolute atomic E-state index is 13.5. The van der Waals surface area contributed by atoms with E-state index in [1.165, 1.54) is 6.07 Å². The molecule has 0 bridgehead atoms. The normalized spacial score (nSPS) is 17.3. The van der Waals surface area contributed by atoms with Crippen molar-refractivity contribution in [1.29, 1.82) is 0 Å². The lowest BCUT2D eigenvalue weighted by Gasteiger charge is -2.33. The fourth-order valence-corrected chi connectivity index (χ4v) is 3.60. The summed E-state index contributed by atoms with van der Waals surface area (Å²) in [5.74, 6) is -1.69. The SMILES string of the molecule is Cc1cc(C)c(NC(=O)N2CCCC(c3ccc(F)c(F)c3)C2)c(C)n1. The largest absolute Gasteiger partial charge is 0.324 e. The van der Waals surface area contributed by atoms with Gasteiger partial charge in [-0.1, -0.05) is 6.07 Å². The molecular weight excluding hydrogens is 336 g/mol. The third-order valence-corrected chi connectivity index (χ3v) is 4.88. The van der Waals surface area contributed by atoms with Crippen LogP contribution in [-0.2, 0) is 0 Å². The molecule has 1 unspecified atom stereocenters. The number of benzene rings is 1. The number of aromatic nitrogens is 1. The maximum atomic E-state index is 13.5. The summed E-state index contributed by atoms with van der Waals surface area (Å²) in [7, 11) is 0. The summed E-state index contributed by atoms with van der Waals surface area (Å²) >= 11 is 0. The molecule has 1 saturated heterocycles. The number of aryl methyl sites for hydroxylation is 3. The van der Waals surface area contributed by atoms with Gasteiger partial charge in [0, 0.05) is 24.7 Å². The lowest BCUT2D eigenvalue weighted by Crippen LogP contribution is -2.41. The van der Waals surface area contributed by atoms with Crippen molar-refractivity contribution in [2.75, 3.05) is 18.4 Å². The number of urea groups is 1. The van der Waals surface area contributed by atoms with E-state index in [-0.39, 0.29) is 11.9 Å². The Kier molecular flexibility index (Phi) is 5.20. The number of hydrogen-bond acceptors (Lipinski definition) is 2. The van der Waals surface area contributed by atoms with Crippen molar-refractivity contribution in [1.82, 2.24) is 9.88 Å².